The van der Waals surface area contributed by atoms with E-state index in [0.717, 1.165) is 29.6 Å². The molecule has 0 saturated heterocycles. The molecule has 17 heavy (non-hydrogen) atoms. The maximum absolute atomic E-state index is 9.68. The van der Waals surface area contributed by atoms with Crippen molar-refractivity contribution in [3.8, 4) is 0 Å². The Balaban J connectivity index is 2.13. The molecule has 1 unspecified atom stereocenters. The van der Waals surface area contributed by atoms with Crippen LogP contribution >= 0.6 is 0 Å². The Morgan fingerprint density at radius 3 is 2.94 bits per heavy atom. The second-order valence-electron chi connectivity index (χ2n) is 4.06. The first-order valence-electron chi connectivity index (χ1n) is 5.93. The summed E-state index contributed by atoms with van der Waals surface area (Å²) in [6.45, 7) is 2.58. The number of hydrogen-bond acceptors (Lipinski definition) is 4. The zero-order chi connectivity index (χ0) is 12.1. The second-order valence-corrected chi connectivity index (χ2v) is 4.06. The van der Waals surface area contributed by atoms with Crippen molar-refractivity contribution in [3.63, 3.8) is 0 Å². The summed E-state index contributed by atoms with van der Waals surface area (Å²) in [5, 5.41) is 13.8. The Bertz CT molecular complexity index is 482. The second kappa shape index (κ2) is 5.59. The van der Waals surface area contributed by atoms with E-state index in [2.05, 4.69) is 22.2 Å². The minimum atomic E-state index is -0.325. The quantitative estimate of drug-likeness (QED) is 0.828. The van der Waals surface area contributed by atoms with Crippen LogP contribution in [-0.2, 0) is 0 Å². The van der Waals surface area contributed by atoms with E-state index < -0.39 is 0 Å². The number of nitrogens with zero attached hydrogens (tertiary/aromatic N) is 2. The molecule has 2 aromatic rings. The third-order valence-electron chi connectivity index (χ3n) is 2.67. The van der Waals surface area contributed by atoms with Crippen molar-refractivity contribution >= 4 is 16.7 Å². The number of anilines is 1. The number of fused-ring (bicyclic) bond motifs is 1. The zero-order valence-corrected chi connectivity index (χ0v) is 9.93. The maximum atomic E-state index is 9.68. The number of aromatic nitrogens is 2. The lowest BCUT2D eigenvalue weighted by Crippen LogP contribution is -2.19. The highest BCUT2D eigenvalue weighted by molar-refractivity contribution is 5.88. The van der Waals surface area contributed by atoms with Crippen molar-refractivity contribution in [1.29, 1.82) is 0 Å². The van der Waals surface area contributed by atoms with E-state index in [1.54, 1.807) is 0 Å². The molecule has 0 bridgehead atoms. The topological polar surface area (TPSA) is 58.0 Å². The smallest absolute Gasteiger partial charge is 0.137 e. The summed E-state index contributed by atoms with van der Waals surface area (Å²) in [6.07, 6.45) is 2.99. The molecule has 0 aliphatic rings. The fourth-order valence-corrected chi connectivity index (χ4v) is 1.80. The molecule has 4 nitrogen and oxygen atoms in total. The first-order valence-corrected chi connectivity index (χ1v) is 5.93. The predicted octanol–water partition coefficient (Wildman–Crippen LogP) is 2.20. The molecule has 1 aromatic heterocycles. The zero-order valence-electron chi connectivity index (χ0n) is 9.93. The molecule has 0 spiro atoms. The molecule has 90 valence electrons. The molecule has 1 aromatic carbocycles. The van der Waals surface area contributed by atoms with Gasteiger partial charge in [-0.3, -0.25) is 0 Å². The monoisotopic (exact) mass is 231 g/mol. The van der Waals surface area contributed by atoms with Gasteiger partial charge in [0, 0.05) is 11.9 Å². The summed E-state index contributed by atoms with van der Waals surface area (Å²) in [5.74, 6) is 0.783. The van der Waals surface area contributed by atoms with Crippen molar-refractivity contribution < 1.29 is 5.11 Å². The summed E-state index contributed by atoms with van der Waals surface area (Å²) in [4.78, 5) is 8.40. The van der Waals surface area contributed by atoms with E-state index in [0.29, 0.717) is 6.54 Å². The lowest BCUT2D eigenvalue weighted by Gasteiger charge is -2.12. The van der Waals surface area contributed by atoms with Crippen LogP contribution in [0.3, 0.4) is 0 Å². The molecule has 0 saturated carbocycles. The van der Waals surface area contributed by atoms with Crippen LogP contribution in [0, 0.1) is 0 Å². The van der Waals surface area contributed by atoms with Crippen molar-refractivity contribution in [2.24, 2.45) is 0 Å². The number of rotatable bonds is 5. The van der Waals surface area contributed by atoms with Gasteiger partial charge in [-0.05, 0) is 18.6 Å². The molecule has 4 heteroatoms. The van der Waals surface area contributed by atoms with Crippen molar-refractivity contribution in [2.75, 3.05) is 11.9 Å². The molecule has 0 radical (unpaired) electrons. The highest BCUT2D eigenvalue weighted by Gasteiger charge is 2.05. The number of hydrogen-bond donors (Lipinski definition) is 2. The summed E-state index contributed by atoms with van der Waals surface area (Å²) in [7, 11) is 0. The molecule has 1 heterocycles. The van der Waals surface area contributed by atoms with Gasteiger partial charge in [-0.15, -0.1) is 0 Å². The molecule has 0 aliphatic heterocycles. The van der Waals surface area contributed by atoms with Crippen LogP contribution in [0.5, 0.6) is 0 Å². The van der Waals surface area contributed by atoms with Gasteiger partial charge in [0.1, 0.15) is 12.1 Å². The van der Waals surface area contributed by atoms with Gasteiger partial charge in [-0.2, -0.15) is 0 Å². The highest BCUT2D eigenvalue weighted by Crippen LogP contribution is 2.18. The van der Waals surface area contributed by atoms with E-state index in [9.17, 15) is 5.11 Å². The number of aliphatic hydroxyl groups is 1. The van der Waals surface area contributed by atoms with Gasteiger partial charge in [-0.1, -0.05) is 25.5 Å². The first-order chi connectivity index (χ1) is 8.31. The van der Waals surface area contributed by atoms with Gasteiger partial charge in [0.05, 0.1) is 11.6 Å². The Morgan fingerprint density at radius 1 is 1.29 bits per heavy atom. The Labute approximate surface area is 101 Å². The lowest BCUT2D eigenvalue weighted by atomic mass is 10.2. The Hall–Kier alpha value is -1.68. The average molecular weight is 231 g/mol. The van der Waals surface area contributed by atoms with Gasteiger partial charge in [0.15, 0.2) is 0 Å². The SMILES string of the molecule is CCCC(O)CNc1ncnc2ccccc12. The minimum absolute atomic E-state index is 0.325. The molecule has 0 amide bonds. The van der Waals surface area contributed by atoms with E-state index >= 15 is 0 Å². The Morgan fingerprint density at radius 2 is 2.12 bits per heavy atom. The van der Waals surface area contributed by atoms with Gasteiger partial charge in [-0.25, -0.2) is 9.97 Å². The maximum Gasteiger partial charge on any atom is 0.137 e. The molecular weight excluding hydrogens is 214 g/mol. The Kier molecular flexibility index (Phi) is 3.88. The van der Waals surface area contributed by atoms with Gasteiger partial charge in [0.25, 0.3) is 0 Å². The fourth-order valence-electron chi connectivity index (χ4n) is 1.80. The van der Waals surface area contributed by atoms with Crippen molar-refractivity contribution in [2.45, 2.75) is 25.9 Å². The van der Waals surface area contributed by atoms with E-state index in [1.165, 1.54) is 6.33 Å². The number of nitrogens with one attached hydrogen (secondary N) is 1. The number of aliphatic hydroxyl groups excluding tert-OH is 1. The molecule has 0 aliphatic carbocycles. The third kappa shape index (κ3) is 2.91. The van der Waals surface area contributed by atoms with Crippen LogP contribution in [0.2, 0.25) is 0 Å². The van der Waals surface area contributed by atoms with Crippen molar-refractivity contribution in [3.05, 3.63) is 30.6 Å². The van der Waals surface area contributed by atoms with E-state index in [1.807, 2.05) is 24.3 Å². The van der Waals surface area contributed by atoms with Gasteiger partial charge >= 0.3 is 0 Å². The average Bonchev–Trinajstić information content (AvgIpc) is 2.36. The summed E-state index contributed by atoms with van der Waals surface area (Å²) in [6, 6.07) is 7.83. The number of benzene rings is 1. The predicted molar refractivity (Wildman–Crippen MR) is 68.9 cm³/mol. The van der Waals surface area contributed by atoms with Crippen LogP contribution in [-0.4, -0.2) is 27.7 Å². The third-order valence-corrected chi connectivity index (χ3v) is 2.67. The van der Waals surface area contributed by atoms with Gasteiger partial charge < -0.3 is 10.4 Å². The van der Waals surface area contributed by atoms with E-state index in [-0.39, 0.29) is 6.10 Å². The summed E-state index contributed by atoms with van der Waals surface area (Å²) in [5.41, 5.74) is 0.912. The first kappa shape index (κ1) is 11.8. The summed E-state index contributed by atoms with van der Waals surface area (Å²) < 4.78 is 0. The molecule has 2 rings (SSSR count). The highest BCUT2D eigenvalue weighted by atomic mass is 16.3. The van der Waals surface area contributed by atoms with Crippen LogP contribution in [0.1, 0.15) is 19.8 Å². The largest absolute Gasteiger partial charge is 0.391 e. The van der Waals surface area contributed by atoms with Crippen molar-refractivity contribution in [1.82, 2.24) is 9.97 Å². The minimum Gasteiger partial charge on any atom is -0.391 e. The summed E-state index contributed by atoms with van der Waals surface area (Å²) >= 11 is 0. The van der Waals surface area contributed by atoms with Gasteiger partial charge in [0.2, 0.25) is 0 Å². The standard InChI is InChI=1S/C13H17N3O/c1-2-5-10(17)8-14-13-11-6-3-4-7-12(11)15-9-16-13/h3-4,6-7,9-10,17H,2,5,8H2,1H3,(H,14,15,16). The van der Waals surface area contributed by atoms with E-state index in [4.69, 9.17) is 0 Å². The van der Waals surface area contributed by atoms with Crippen LogP contribution in [0.15, 0.2) is 30.6 Å². The molecule has 1 atom stereocenters. The molecular formula is C13H17N3O. The lowest BCUT2D eigenvalue weighted by molar-refractivity contribution is 0.176. The van der Waals surface area contributed by atoms with Crippen LogP contribution in [0.25, 0.3) is 10.9 Å². The number of para-hydroxylation sites is 1. The fraction of sp³-hybridized carbons (Fsp3) is 0.385. The van der Waals surface area contributed by atoms with Crippen LogP contribution < -0.4 is 5.32 Å². The molecule has 2 N–H and O–H groups in total. The normalized spacial score (nSPS) is 12.6. The molecule has 0 fully saturated rings. The van der Waals surface area contributed by atoms with Crippen LogP contribution in [0.4, 0.5) is 5.82 Å².